The summed E-state index contributed by atoms with van der Waals surface area (Å²) in [6, 6.07) is 11.3. The van der Waals surface area contributed by atoms with Crippen molar-refractivity contribution in [3.8, 4) is 0 Å². The van der Waals surface area contributed by atoms with Crippen LogP contribution in [0.1, 0.15) is 56.9 Å². The van der Waals surface area contributed by atoms with Crippen LogP contribution in [-0.4, -0.2) is 101 Å². The van der Waals surface area contributed by atoms with Crippen LogP contribution in [0, 0.1) is 0 Å². The molecule has 252 valence electrons. The van der Waals surface area contributed by atoms with Gasteiger partial charge in [0.25, 0.3) is 0 Å². The van der Waals surface area contributed by atoms with Crippen molar-refractivity contribution in [1.29, 1.82) is 0 Å². The Balaban J connectivity index is 1.08. The molecule has 3 saturated heterocycles. The zero-order valence-corrected chi connectivity index (χ0v) is 28.1. The second-order valence-corrected chi connectivity index (χ2v) is 13.7. The molecule has 4 aliphatic heterocycles. The molecular weight excluding hydrogens is 641 g/mol. The molecule has 0 radical (unpaired) electrons. The maximum atomic E-state index is 13.9. The zero-order valence-electron chi connectivity index (χ0n) is 26.6. The van der Waals surface area contributed by atoms with E-state index in [-0.39, 0.29) is 35.3 Å². The predicted octanol–water partition coefficient (Wildman–Crippen LogP) is 5.39. The third-order valence-electron chi connectivity index (χ3n) is 9.98. The molecule has 4 heterocycles. The van der Waals surface area contributed by atoms with E-state index in [1.165, 1.54) is 19.3 Å². The Hall–Kier alpha value is -3.54. The Kier molecular flexibility index (Phi) is 10.7. The minimum absolute atomic E-state index is 0.00242. The first kappa shape index (κ1) is 33.4. The number of likely N-dealkylation sites (tertiary alicyclic amines) is 3. The first-order chi connectivity index (χ1) is 22.8. The lowest BCUT2D eigenvalue weighted by molar-refractivity contribution is -0.140. The van der Waals surface area contributed by atoms with E-state index in [9.17, 15) is 19.2 Å². The maximum absolute atomic E-state index is 13.9. The lowest BCUT2D eigenvalue weighted by Gasteiger charge is -2.41. The fraction of sp³-hybridized carbons (Fsp3) is 0.529. The van der Waals surface area contributed by atoms with Gasteiger partial charge in [-0.25, -0.2) is 9.59 Å². The second kappa shape index (κ2) is 15.1. The summed E-state index contributed by atoms with van der Waals surface area (Å²) in [5.74, 6) is -0.471. The van der Waals surface area contributed by atoms with Gasteiger partial charge in [-0.05, 0) is 75.4 Å². The number of carbonyl (C=O) groups excluding carboxylic acids is 4. The molecule has 0 aliphatic carbocycles. The van der Waals surface area contributed by atoms with Crippen LogP contribution in [0.5, 0.6) is 0 Å². The maximum Gasteiger partial charge on any atom is 0.322 e. The molecule has 0 spiro atoms. The number of rotatable bonds is 7. The number of amides is 6. The summed E-state index contributed by atoms with van der Waals surface area (Å²) >= 11 is 12.4. The lowest BCUT2D eigenvalue weighted by Crippen LogP contribution is -2.56. The van der Waals surface area contributed by atoms with E-state index in [0.717, 1.165) is 37.2 Å². The molecule has 13 heteroatoms. The van der Waals surface area contributed by atoms with Gasteiger partial charge in [0.15, 0.2) is 0 Å². The van der Waals surface area contributed by atoms with Crippen molar-refractivity contribution in [1.82, 2.24) is 24.9 Å². The van der Waals surface area contributed by atoms with Crippen LogP contribution in [0.2, 0.25) is 10.0 Å². The minimum atomic E-state index is -1.05. The first-order valence-corrected chi connectivity index (χ1v) is 17.5. The van der Waals surface area contributed by atoms with E-state index >= 15 is 0 Å². The van der Waals surface area contributed by atoms with Crippen LogP contribution in [0.25, 0.3) is 0 Å². The summed E-state index contributed by atoms with van der Waals surface area (Å²) in [5.41, 5.74) is 2.21. The molecular formula is C34H43Cl2N7O4. The fourth-order valence-electron chi connectivity index (χ4n) is 7.32. The monoisotopic (exact) mass is 683 g/mol. The number of benzene rings is 2. The molecule has 6 amide bonds. The molecule has 0 aromatic heterocycles. The van der Waals surface area contributed by atoms with Crippen LogP contribution in [0.4, 0.5) is 21.0 Å². The molecule has 47 heavy (non-hydrogen) atoms. The van der Waals surface area contributed by atoms with Gasteiger partial charge >= 0.3 is 12.1 Å². The molecule has 4 aliphatic rings. The van der Waals surface area contributed by atoms with E-state index in [4.69, 9.17) is 23.2 Å². The van der Waals surface area contributed by atoms with E-state index in [1.807, 2.05) is 29.2 Å². The normalized spacial score (nSPS) is 20.3. The Bertz CT molecular complexity index is 1470. The number of nitrogens with zero attached hydrogens (tertiary/aromatic N) is 4. The Labute approximate surface area is 285 Å². The quantitative estimate of drug-likeness (QED) is 0.362. The van der Waals surface area contributed by atoms with Crippen LogP contribution < -0.4 is 16.0 Å². The number of nitrogens with one attached hydrogen (secondary N) is 3. The van der Waals surface area contributed by atoms with Crippen molar-refractivity contribution >= 4 is 58.5 Å². The number of anilines is 2. The zero-order chi connectivity index (χ0) is 32.9. The third-order valence-corrected chi connectivity index (χ3v) is 10.8. The number of urea groups is 2. The number of halogens is 2. The van der Waals surface area contributed by atoms with E-state index in [0.29, 0.717) is 62.3 Å². The van der Waals surface area contributed by atoms with Crippen molar-refractivity contribution in [3.05, 3.63) is 58.1 Å². The van der Waals surface area contributed by atoms with Gasteiger partial charge in [0.1, 0.15) is 6.04 Å². The van der Waals surface area contributed by atoms with Gasteiger partial charge in [-0.2, -0.15) is 0 Å². The van der Waals surface area contributed by atoms with Crippen LogP contribution >= 0.6 is 23.2 Å². The number of hydrogen-bond acceptors (Lipinski definition) is 5. The van der Waals surface area contributed by atoms with Crippen molar-refractivity contribution in [3.63, 3.8) is 0 Å². The van der Waals surface area contributed by atoms with Crippen LogP contribution in [-0.2, 0) is 16.1 Å². The summed E-state index contributed by atoms with van der Waals surface area (Å²) in [6.45, 7) is 4.83. The van der Waals surface area contributed by atoms with Crippen molar-refractivity contribution in [2.24, 2.45) is 0 Å². The average Bonchev–Trinajstić information content (AvgIpc) is 3.10. The summed E-state index contributed by atoms with van der Waals surface area (Å²) in [5, 5.41) is 8.91. The number of carbonyl (C=O) groups is 4. The Morgan fingerprint density at radius 2 is 1.51 bits per heavy atom. The number of hydrogen-bond donors (Lipinski definition) is 3. The molecule has 0 saturated carbocycles. The van der Waals surface area contributed by atoms with Crippen LogP contribution in [0.3, 0.4) is 0 Å². The summed E-state index contributed by atoms with van der Waals surface area (Å²) in [4.78, 5) is 61.5. The van der Waals surface area contributed by atoms with E-state index < -0.39 is 12.1 Å². The van der Waals surface area contributed by atoms with Crippen molar-refractivity contribution < 1.29 is 19.2 Å². The first-order valence-electron chi connectivity index (χ1n) is 16.7. The van der Waals surface area contributed by atoms with Gasteiger partial charge in [0.2, 0.25) is 11.8 Å². The van der Waals surface area contributed by atoms with E-state index in [1.54, 1.807) is 28.0 Å². The number of para-hydroxylation sites is 1. The highest BCUT2D eigenvalue weighted by Crippen LogP contribution is 2.30. The van der Waals surface area contributed by atoms with Gasteiger partial charge in [0.05, 0.1) is 22.2 Å². The van der Waals surface area contributed by atoms with Crippen molar-refractivity contribution in [2.45, 2.75) is 76.0 Å². The Morgan fingerprint density at radius 3 is 2.26 bits per heavy atom. The molecule has 11 nitrogen and oxygen atoms in total. The average molecular weight is 685 g/mol. The number of piperidine rings is 3. The minimum Gasteiger partial charge on any atom is -0.342 e. The SMILES string of the molecule is O=C(Nc1cccc(Cl)c1Cl)N[C@@H](CC(=O)N1CCC(N2Cc3ccccc3NC2=O)CC1)C(=O)N1CCC(N2CCCCC2)CC1. The van der Waals surface area contributed by atoms with Gasteiger partial charge in [-0.15, -0.1) is 0 Å². The molecule has 1 atom stereocenters. The summed E-state index contributed by atoms with van der Waals surface area (Å²) in [7, 11) is 0. The van der Waals surface area contributed by atoms with Gasteiger partial charge in [0, 0.05) is 50.5 Å². The van der Waals surface area contributed by atoms with Gasteiger partial charge in [-0.3, -0.25) is 9.59 Å². The van der Waals surface area contributed by atoms with Crippen LogP contribution in [0.15, 0.2) is 42.5 Å². The van der Waals surface area contributed by atoms with Gasteiger partial charge < -0.3 is 35.6 Å². The smallest absolute Gasteiger partial charge is 0.322 e. The second-order valence-electron chi connectivity index (χ2n) is 12.9. The molecule has 2 aromatic carbocycles. The molecule has 6 rings (SSSR count). The van der Waals surface area contributed by atoms with Crippen molar-refractivity contribution in [2.75, 3.05) is 49.9 Å². The molecule has 3 N–H and O–H groups in total. The fourth-order valence-corrected chi connectivity index (χ4v) is 7.67. The Morgan fingerprint density at radius 1 is 0.830 bits per heavy atom. The number of fused-ring (bicyclic) bond motifs is 1. The molecule has 0 unspecified atom stereocenters. The molecule has 2 aromatic rings. The summed E-state index contributed by atoms with van der Waals surface area (Å²) < 4.78 is 0. The standard InChI is InChI=1S/C34H43Cl2N7O4/c35-26-8-6-10-28(31(26)36)37-33(46)38-29(32(45)42-19-11-24(12-20-42)40-15-4-1-5-16-40)21-30(44)41-17-13-25(14-18-41)43-22-23-7-2-3-9-27(23)39-34(43)47/h2-3,6-10,24-25,29H,1,4-5,11-22H2,(H,39,47)(H2,37,38,46)/t29-/m0/s1. The van der Waals surface area contributed by atoms with E-state index in [2.05, 4.69) is 20.9 Å². The molecule has 3 fully saturated rings. The highest BCUT2D eigenvalue weighted by Gasteiger charge is 2.36. The highest BCUT2D eigenvalue weighted by atomic mass is 35.5. The highest BCUT2D eigenvalue weighted by molar-refractivity contribution is 6.44. The topological polar surface area (TPSA) is 117 Å². The summed E-state index contributed by atoms with van der Waals surface area (Å²) in [6.07, 6.45) is 6.56. The molecule has 0 bridgehead atoms. The lowest BCUT2D eigenvalue weighted by atomic mass is 9.98. The predicted molar refractivity (Wildman–Crippen MR) is 183 cm³/mol. The largest absolute Gasteiger partial charge is 0.342 e. The third kappa shape index (κ3) is 7.96. The van der Waals surface area contributed by atoms with Gasteiger partial charge in [-0.1, -0.05) is 53.9 Å².